The first-order valence-corrected chi connectivity index (χ1v) is 8.58. The number of carbonyl (C=O) groups is 3. The summed E-state index contributed by atoms with van der Waals surface area (Å²) in [5.41, 5.74) is 0. The second-order valence-electron chi connectivity index (χ2n) is 4.51. The van der Waals surface area contributed by atoms with Crippen molar-refractivity contribution in [3.63, 3.8) is 0 Å². The molecule has 2 N–H and O–H groups in total. The molecule has 0 radical (unpaired) electrons. The van der Waals surface area contributed by atoms with Crippen LogP contribution in [0.3, 0.4) is 0 Å². The highest BCUT2D eigenvalue weighted by atomic mass is 32.2. The van der Waals surface area contributed by atoms with Crippen molar-refractivity contribution < 1.29 is 19.1 Å². The van der Waals surface area contributed by atoms with Crippen molar-refractivity contribution in [3.05, 3.63) is 0 Å². The highest BCUT2D eigenvalue weighted by Crippen LogP contribution is 2.31. The minimum absolute atomic E-state index is 0.0279. The zero-order valence-corrected chi connectivity index (χ0v) is 13.6. The van der Waals surface area contributed by atoms with Gasteiger partial charge in [-0.15, -0.1) is 10.2 Å². The van der Waals surface area contributed by atoms with Gasteiger partial charge in [0.2, 0.25) is 16.9 Å². The largest absolute Gasteiger partial charge is 0.465 e. The Morgan fingerprint density at radius 1 is 1.36 bits per heavy atom. The van der Waals surface area contributed by atoms with Crippen molar-refractivity contribution in [3.8, 4) is 0 Å². The summed E-state index contributed by atoms with van der Waals surface area (Å²) in [6.07, 6.45) is 1.85. The number of thioether (sulfide) groups is 1. The van der Waals surface area contributed by atoms with Crippen molar-refractivity contribution in [1.82, 2.24) is 15.5 Å². The van der Waals surface area contributed by atoms with Crippen LogP contribution in [0, 0.1) is 5.92 Å². The van der Waals surface area contributed by atoms with E-state index in [1.807, 2.05) is 0 Å². The van der Waals surface area contributed by atoms with Gasteiger partial charge in [-0.25, -0.2) is 0 Å². The molecule has 1 aliphatic carbocycles. The molecular weight excluding hydrogens is 328 g/mol. The molecule has 0 aromatic carbocycles. The summed E-state index contributed by atoms with van der Waals surface area (Å²) < 4.78 is 5.28. The van der Waals surface area contributed by atoms with E-state index in [-0.39, 0.29) is 36.6 Å². The predicted molar refractivity (Wildman–Crippen MR) is 81.6 cm³/mol. The SMILES string of the molecule is CCOC(=O)CNC(=O)CSc1nnc(NC(=O)C2CC2)s1. The van der Waals surface area contributed by atoms with Crippen LogP contribution < -0.4 is 10.6 Å². The smallest absolute Gasteiger partial charge is 0.325 e. The molecule has 2 amide bonds. The number of aromatic nitrogens is 2. The summed E-state index contributed by atoms with van der Waals surface area (Å²) >= 11 is 2.41. The van der Waals surface area contributed by atoms with E-state index in [1.54, 1.807) is 6.92 Å². The molecule has 0 spiro atoms. The number of nitrogens with zero attached hydrogens (tertiary/aromatic N) is 2. The maximum Gasteiger partial charge on any atom is 0.325 e. The second kappa shape index (κ2) is 8.08. The number of ether oxygens (including phenoxy) is 1. The van der Waals surface area contributed by atoms with E-state index in [0.717, 1.165) is 12.8 Å². The van der Waals surface area contributed by atoms with E-state index in [0.29, 0.717) is 9.47 Å². The van der Waals surface area contributed by atoms with Crippen LogP contribution in [0.1, 0.15) is 19.8 Å². The van der Waals surface area contributed by atoms with Gasteiger partial charge in [0.1, 0.15) is 6.54 Å². The molecule has 22 heavy (non-hydrogen) atoms. The molecule has 0 aliphatic heterocycles. The Hall–Kier alpha value is -1.68. The maximum absolute atomic E-state index is 11.6. The molecule has 1 aromatic heterocycles. The van der Waals surface area contributed by atoms with Gasteiger partial charge in [-0.2, -0.15) is 0 Å². The van der Waals surface area contributed by atoms with E-state index >= 15 is 0 Å². The summed E-state index contributed by atoms with van der Waals surface area (Å²) in [4.78, 5) is 34.2. The third kappa shape index (κ3) is 5.60. The topological polar surface area (TPSA) is 110 Å². The first kappa shape index (κ1) is 16.7. The number of amides is 2. The van der Waals surface area contributed by atoms with E-state index in [4.69, 9.17) is 4.74 Å². The Morgan fingerprint density at radius 3 is 2.82 bits per heavy atom. The number of esters is 1. The monoisotopic (exact) mass is 344 g/mol. The predicted octanol–water partition coefficient (Wildman–Crippen LogP) is 0.658. The highest BCUT2D eigenvalue weighted by molar-refractivity contribution is 8.01. The third-order valence-corrected chi connectivity index (χ3v) is 4.62. The van der Waals surface area contributed by atoms with E-state index in [1.165, 1.54) is 23.1 Å². The van der Waals surface area contributed by atoms with E-state index < -0.39 is 5.97 Å². The molecule has 0 atom stereocenters. The minimum atomic E-state index is -0.471. The van der Waals surface area contributed by atoms with Gasteiger partial charge in [-0.1, -0.05) is 23.1 Å². The van der Waals surface area contributed by atoms with Gasteiger partial charge in [0.05, 0.1) is 12.4 Å². The Labute approximate surface area is 135 Å². The number of hydrogen-bond donors (Lipinski definition) is 2. The zero-order chi connectivity index (χ0) is 15.9. The Balaban J connectivity index is 1.68. The van der Waals surface area contributed by atoms with Crippen LogP contribution in [-0.4, -0.2) is 46.9 Å². The lowest BCUT2D eigenvalue weighted by Gasteiger charge is -2.03. The summed E-state index contributed by atoms with van der Waals surface area (Å²) in [6.45, 7) is 1.83. The van der Waals surface area contributed by atoms with E-state index in [9.17, 15) is 14.4 Å². The van der Waals surface area contributed by atoms with Gasteiger partial charge < -0.3 is 15.4 Å². The van der Waals surface area contributed by atoms with Crippen molar-refractivity contribution in [2.45, 2.75) is 24.1 Å². The fourth-order valence-electron chi connectivity index (χ4n) is 1.43. The minimum Gasteiger partial charge on any atom is -0.465 e. The third-order valence-electron chi connectivity index (χ3n) is 2.65. The van der Waals surface area contributed by atoms with Crippen molar-refractivity contribution >= 4 is 46.0 Å². The molecule has 0 unspecified atom stereocenters. The Bertz CT molecular complexity index is 559. The van der Waals surface area contributed by atoms with Crippen molar-refractivity contribution in [1.29, 1.82) is 0 Å². The molecule has 0 saturated heterocycles. The van der Waals surface area contributed by atoms with E-state index in [2.05, 4.69) is 20.8 Å². The zero-order valence-electron chi connectivity index (χ0n) is 12.0. The van der Waals surface area contributed by atoms with Gasteiger partial charge in [0.15, 0.2) is 4.34 Å². The summed E-state index contributed by atoms with van der Waals surface area (Å²) in [7, 11) is 0. The van der Waals surface area contributed by atoms with Crippen LogP contribution in [0.5, 0.6) is 0 Å². The van der Waals surface area contributed by atoms with Crippen LogP contribution in [0.4, 0.5) is 5.13 Å². The molecule has 2 rings (SSSR count). The van der Waals surface area contributed by atoms with Gasteiger partial charge in [0.25, 0.3) is 0 Å². The molecule has 1 aromatic rings. The van der Waals surface area contributed by atoms with Gasteiger partial charge in [-0.05, 0) is 19.8 Å². The lowest BCUT2D eigenvalue weighted by Crippen LogP contribution is -2.31. The van der Waals surface area contributed by atoms with Gasteiger partial charge >= 0.3 is 5.97 Å². The van der Waals surface area contributed by atoms with Gasteiger partial charge in [0, 0.05) is 5.92 Å². The number of anilines is 1. The average molecular weight is 344 g/mol. The quantitative estimate of drug-likeness (QED) is 0.405. The summed E-state index contributed by atoms with van der Waals surface area (Å²) in [5.74, 6) is -0.572. The van der Waals surface area contributed by atoms with Crippen LogP contribution >= 0.6 is 23.1 Å². The molecule has 1 saturated carbocycles. The maximum atomic E-state index is 11.6. The molecule has 1 heterocycles. The Morgan fingerprint density at radius 2 is 2.14 bits per heavy atom. The normalized spacial score (nSPS) is 13.5. The molecular formula is C12H16N4O4S2. The first-order valence-electron chi connectivity index (χ1n) is 6.78. The molecule has 120 valence electrons. The van der Waals surface area contributed by atoms with Crippen LogP contribution in [0.15, 0.2) is 4.34 Å². The second-order valence-corrected chi connectivity index (χ2v) is 6.71. The Kier molecular flexibility index (Phi) is 6.13. The molecule has 10 heteroatoms. The van der Waals surface area contributed by atoms with Crippen LogP contribution in [-0.2, 0) is 19.1 Å². The lowest BCUT2D eigenvalue weighted by atomic mass is 10.4. The fourth-order valence-corrected chi connectivity index (χ4v) is 3.02. The fraction of sp³-hybridized carbons (Fsp3) is 0.583. The van der Waals surface area contributed by atoms with Crippen molar-refractivity contribution in [2.24, 2.45) is 5.92 Å². The number of rotatable bonds is 8. The standard InChI is InChI=1S/C12H16N4O4S2/c1-2-20-9(18)5-13-8(17)6-21-12-16-15-11(22-12)14-10(19)7-3-4-7/h7H,2-6H2,1H3,(H,13,17)(H,14,15,19). The number of hydrogen-bond acceptors (Lipinski definition) is 8. The van der Waals surface area contributed by atoms with Gasteiger partial charge in [-0.3, -0.25) is 14.4 Å². The van der Waals surface area contributed by atoms with Crippen molar-refractivity contribution in [2.75, 3.05) is 24.2 Å². The molecule has 1 aliphatic rings. The lowest BCUT2D eigenvalue weighted by molar-refractivity contribution is -0.143. The van der Waals surface area contributed by atoms with Crippen LogP contribution in [0.25, 0.3) is 0 Å². The average Bonchev–Trinajstić information content (AvgIpc) is 3.25. The molecule has 8 nitrogen and oxygen atoms in total. The number of nitrogens with one attached hydrogen (secondary N) is 2. The number of carbonyl (C=O) groups excluding carboxylic acids is 3. The first-order chi connectivity index (χ1) is 10.6. The van der Waals surface area contributed by atoms with Crippen LogP contribution in [0.2, 0.25) is 0 Å². The molecule has 1 fully saturated rings. The summed E-state index contributed by atoms with van der Waals surface area (Å²) in [6, 6.07) is 0. The highest BCUT2D eigenvalue weighted by Gasteiger charge is 2.30. The summed E-state index contributed by atoms with van der Waals surface area (Å²) in [5, 5.41) is 13.3. The molecule has 0 bridgehead atoms.